The number of aryl methyl sites for hydroxylation is 1. The molecule has 1 atom stereocenters. The molecule has 7 heteroatoms. The number of nitrogens with zero attached hydrogens (tertiary/aromatic N) is 2. The predicted molar refractivity (Wildman–Crippen MR) is 111 cm³/mol. The lowest BCUT2D eigenvalue weighted by atomic mass is 10.0. The van der Waals surface area contributed by atoms with Crippen LogP contribution in [0.2, 0.25) is 0 Å². The van der Waals surface area contributed by atoms with E-state index in [4.69, 9.17) is 9.47 Å². The number of guanidine groups is 1. The van der Waals surface area contributed by atoms with E-state index in [-0.39, 0.29) is 18.6 Å². The van der Waals surface area contributed by atoms with Crippen LogP contribution in [0, 0.1) is 0 Å². The molecule has 1 aromatic carbocycles. The average Bonchev–Trinajstić information content (AvgIpc) is 3.25. The normalized spacial score (nSPS) is 19.4. The summed E-state index contributed by atoms with van der Waals surface area (Å²) < 4.78 is 11.2. The van der Waals surface area contributed by atoms with Crippen molar-refractivity contribution in [1.82, 2.24) is 10.6 Å². The third-order valence-electron chi connectivity index (χ3n) is 5.13. The van der Waals surface area contributed by atoms with Gasteiger partial charge in [0.15, 0.2) is 5.96 Å². The Labute approximate surface area is 167 Å². The Hall–Kier alpha value is -2.12. The van der Waals surface area contributed by atoms with E-state index in [0.717, 1.165) is 57.5 Å². The number of benzene rings is 1. The second-order valence-corrected chi connectivity index (χ2v) is 7.19. The van der Waals surface area contributed by atoms with E-state index < -0.39 is 0 Å². The Morgan fingerprint density at radius 3 is 3.04 bits per heavy atom. The Bertz CT molecular complexity index is 659. The van der Waals surface area contributed by atoms with E-state index >= 15 is 0 Å². The molecule has 28 heavy (non-hydrogen) atoms. The number of anilines is 1. The summed E-state index contributed by atoms with van der Waals surface area (Å²) in [5.74, 6) is 0.702. The largest absolute Gasteiger partial charge is 0.379 e. The number of amides is 1. The summed E-state index contributed by atoms with van der Waals surface area (Å²) in [4.78, 5) is 18.7. The van der Waals surface area contributed by atoms with E-state index in [1.54, 1.807) is 7.05 Å². The first kappa shape index (κ1) is 20.6. The van der Waals surface area contributed by atoms with Crippen LogP contribution in [-0.2, 0) is 20.7 Å². The van der Waals surface area contributed by atoms with Crippen LogP contribution in [0.1, 0.15) is 31.2 Å². The summed E-state index contributed by atoms with van der Waals surface area (Å²) >= 11 is 0. The second kappa shape index (κ2) is 11.0. The van der Waals surface area contributed by atoms with Crippen molar-refractivity contribution in [3.8, 4) is 0 Å². The van der Waals surface area contributed by atoms with Crippen molar-refractivity contribution >= 4 is 17.6 Å². The topological polar surface area (TPSA) is 75.2 Å². The van der Waals surface area contributed by atoms with Crippen LogP contribution in [0.25, 0.3) is 0 Å². The summed E-state index contributed by atoms with van der Waals surface area (Å²) in [6, 6.07) is 8.14. The third-order valence-corrected chi connectivity index (χ3v) is 5.13. The van der Waals surface area contributed by atoms with Crippen LogP contribution in [0.3, 0.4) is 0 Å². The zero-order valence-corrected chi connectivity index (χ0v) is 16.8. The molecule has 7 nitrogen and oxygen atoms in total. The Balaban J connectivity index is 1.33. The summed E-state index contributed by atoms with van der Waals surface area (Å²) in [5.41, 5.74) is 2.28. The molecule has 1 amide bonds. The molecule has 0 saturated carbocycles. The Kier molecular flexibility index (Phi) is 8.11. The van der Waals surface area contributed by atoms with Gasteiger partial charge in [0.05, 0.1) is 19.3 Å². The lowest BCUT2D eigenvalue weighted by Gasteiger charge is -2.29. The molecule has 1 unspecified atom stereocenters. The van der Waals surface area contributed by atoms with Gasteiger partial charge in [-0.3, -0.25) is 9.79 Å². The number of nitrogens with one attached hydrogen (secondary N) is 2. The number of rotatable bonds is 8. The van der Waals surface area contributed by atoms with Gasteiger partial charge in [0, 0.05) is 39.0 Å². The van der Waals surface area contributed by atoms with Crippen LogP contribution in [-0.4, -0.2) is 64.5 Å². The molecule has 0 spiro atoms. The van der Waals surface area contributed by atoms with Gasteiger partial charge >= 0.3 is 0 Å². The maximum absolute atomic E-state index is 12.7. The Morgan fingerprint density at radius 2 is 2.21 bits per heavy atom. The van der Waals surface area contributed by atoms with Crippen molar-refractivity contribution in [3.05, 3.63) is 29.8 Å². The molecule has 2 heterocycles. The van der Waals surface area contributed by atoms with Crippen LogP contribution in [0.15, 0.2) is 29.3 Å². The van der Waals surface area contributed by atoms with Gasteiger partial charge in [0.25, 0.3) is 0 Å². The second-order valence-electron chi connectivity index (χ2n) is 7.19. The highest BCUT2D eigenvalue weighted by Gasteiger charge is 2.22. The molecule has 1 fully saturated rings. The predicted octanol–water partition coefficient (Wildman–Crippen LogP) is 1.72. The smallest absolute Gasteiger partial charge is 0.246 e. The molecule has 3 rings (SSSR count). The van der Waals surface area contributed by atoms with E-state index in [2.05, 4.69) is 21.7 Å². The van der Waals surface area contributed by atoms with Gasteiger partial charge in [-0.05, 0) is 43.7 Å². The van der Waals surface area contributed by atoms with E-state index in [1.165, 1.54) is 5.56 Å². The van der Waals surface area contributed by atoms with Gasteiger partial charge < -0.3 is 25.0 Å². The van der Waals surface area contributed by atoms with Gasteiger partial charge in [0.1, 0.15) is 0 Å². The van der Waals surface area contributed by atoms with Gasteiger partial charge in [-0.1, -0.05) is 18.2 Å². The highest BCUT2D eigenvalue weighted by molar-refractivity contribution is 5.98. The number of para-hydroxylation sites is 1. The van der Waals surface area contributed by atoms with Crippen LogP contribution < -0.4 is 15.5 Å². The standard InChI is InChI=1S/C21H32N4O3/c1-22-21(23-11-6-13-27-16-18-9-5-14-28-18)24-15-20(26)25-12-4-8-17-7-2-3-10-19(17)25/h2-3,7,10,18H,4-6,8-9,11-16H2,1H3,(H2,22,23,24). The first-order valence-corrected chi connectivity index (χ1v) is 10.3. The van der Waals surface area contributed by atoms with Gasteiger partial charge in [-0.25, -0.2) is 0 Å². The molecule has 0 radical (unpaired) electrons. The SMILES string of the molecule is CN=C(NCCCOCC1CCCO1)NCC(=O)N1CCCc2ccccc21. The van der Waals surface area contributed by atoms with Crippen molar-refractivity contribution in [2.75, 3.05) is 51.4 Å². The number of hydrogen-bond acceptors (Lipinski definition) is 4. The lowest BCUT2D eigenvalue weighted by molar-refractivity contribution is -0.117. The zero-order valence-electron chi connectivity index (χ0n) is 16.8. The van der Waals surface area contributed by atoms with Gasteiger partial charge in [-0.2, -0.15) is 0 Å². The fraction of sp³-hybridized carbons (Fsp3) is 0.619. The van der Waals surface area contributed by atoms with Crippen LogP contribution >= 0.6 is 0 Å². The molecule has 2 aliphatic heterocycles. The number of carbonyl (C=O) groups is 1. The van der Waals surface area contributed by atoms with Crippen molar-refractivity contribution < 1.29 is 14.3 Å². The number of fused-ring (bicyclic) bond motifs is 1. The van der Waals surface area contributed by atoms with E-state index in [9.17, 15) is 4.79 Å². The fourth-order valence-corrected chi connectivity index (χ4v) is 3.64. The monoisotopic (exact) mass is 388 g/mol. The molecular formula is C21H32N4O3. The molecule has 154 valence electrons. The zero-order chi connectivity index (χ0) is 19.6. The first-order valence-electron chi connectivity index (χ1n) is 10.3. The minimum absolute atomic E-state index is 0.0648. The third kappa shape index (κ3) is 5.94. The van der Waals surface area contributed by atoms with Crippen molar-refractivity contribution in [2.24, 2.45) is 4.99 Å². The number of hydrogen-bond donors (Lipinski definition) is 2. The molecular weight excluding hydrogens is 356 g/mol. The molecule has 1 aromatic rings. The highest BCUT2D eigenvalue weighted by atomic mass is 16.5. The molecule has 2 aliphatic rings. The van der Waals surface area contributed by atoms with Crippen molar-refractivity contribution in [2.45, 2.75) is 38.2 Å². The summed E-state index contributed by atoms with van der Waals surface area (Å²) in [6.07, 6.45) is 5.42. The molecule has 0 aromatic heterocycles. The lowest BCUT2D eigenvalue weighted by Crippen LogP contribution is -2.46. The minimum atomic E-state index is 0.0648. The molecule has 0 aliphatic carbocycles. The average molecular weight is 389 g/mol. The van der Waals surface area contributed by atoms with Crippen molar-refractivity contribution in [3.63, 3.8) is 0 Å². The van der Waals surface area contributed by atoms with Crippen molar-refractivity contribution in [1.29, 1.82) is 0 Å². The number of carbonyl (C=O) groups excluding carboxylic acids is 1. The number of ether oxygens (including phenoxy) is 2. The minimum Gasteiger partial charge on any atom is -0.379 e. The quantitative estimate of drug-likeness (QED) is 0.403. The summed E-state index contributed by atoms with van der Waals surface area (Å²) in [5, 5.41) is 6.35. The fourth-order valence-electron chi connectivity index (χ4n) is 3.64. The Morgan fingerprint density at radius 1 is 1.32 bits per heavy atom. The highest BCUT2D eigenvalue weighted by Crippen LogP contribution is 2.26. The molecule has 2 N–H and O–H groups in total. The van der Waals surface area contributed by atoms with E-state index in [0.29, 0.717) is 19.2 Å². The molecule has 1 saturated heterocycles. The first-order chi connectivity index (χ1) is 13.8. The molecule has 0 bridgehead atoms. The number of aliphatic imine (C=N–C) groups is 1. The van der Waals surface area contributed by atoms with E-state index in [1.807, 2.05) is 23.1 Å². The van der Waals surface area contributed by atoms with Crippen LogP contribution in [0.4, 0.5) is 5.69 Å². The maximum Gasteiger partial charge on any atom is 0.246 e. The maximum atomic E-state index is 12.7. The summed E-state index contributed by atoms with van der Waals surface area (Å²) in [6.45, 7) is 3.96. The summed E-state index contributed by atoms with van der Waals surface area (Å²) in [7, 11) is 1.71. The van der Waals surface area contributed by atoms with Crippen LogP contribution in [0.5, 0.6) is 0 Å². The van der Waals surface area contributed by atoms with Gasteiger partial charge in [0.2, 0.25) is 5.91 Å². The van der Waals surface area contributed by atoms with Gasteiger partial charge in [-0.15, -0.1) is 0 Å².